The lowest BCUT2D eigenvalue weighted by atomic mass is 10.1. The summed E-state index contributed by atoms with van der Waals surface area (Å²) in [6.07, 6.45) is 0. The van der Waals surface area contributed by atoms with Gasteiger partial charge >= 0.3 is 0 Å². The summed E-state index contributed by atoms with van der Waals surface area (Å²) in [6.45, 7) is 0.193. The largest absolute Gasteiger partial charge is 0.366 e. The van der Waals surface area contributed by atoms with Crippen molar-refractivity contribution in [3.05, 3.63) is 44.2 Å². The fraction of sp³-hybridized carbons (Fsp3) is 0.125. The molecule has 0 aliphatic carbocycles. The van der Waals surface area contributed by atoms with E-state index in [2.05, 4.69) is 26.0 Å². The highest BCUT2D eigenvalue weighted by atomic mass is 79.9. The molecule has 0 unspecified atom stereocenters. The first-order valence-corrected chi connectivity index (χ1v) is 4.53. The minimum Gasteiger partial charge on any atom is -0.366 e. The number of azide groups is 1. The van der Waals surface area contributed by atoms with E-state index >= 15 is 0 Å². The molecule has 14 heavy (non-hydrogen) atoms. The monoisotopic (exact) mass is 254 g/mol. The van der Waals surface area contributed by atoms with Crippen LogP contribution in [0.5, 0.6) is 0 Å². The lowest BCUT2D eigenvalue weighted by Crippen LogP contribution is -2.11. The number of benzene rings is 1. The van der Waals surface area contributed by atoms with E-state index in [1.165, 1.54) is 0 Å². The van der Waals surface area contributed by atoms with E-state index in [-0.39, 0.29) is 6.54 Å². The lowest BCUT2D eigenvalue weighted by molar-refractivity contribution is 0.1000. The Kier molecular flexibility index (Phi) is 3.50. The van der Waals surface area contributed by atoms with Crippen LogP contribution in [0.3, 0.4) is 0 Å². The third-order valence-corrected chi connectivity index (χ3v) is 2.41. The highest BCUT2D eigenvalue weighted by molar-refractivity contribution is 9.10. The summed E-state index contributed by atoms with van der Waals surface area (Å²) < 4.78 is 0.787. The van der Waals surface area contributed by atoms with E-state index in [0.717, 1.165) is 10.0 Å². The molecule has 0 aliphatic rings. The van der Waals surface area contributed by atoms with Gasteiger partial charge in [0.2, 0.25) is 5.91 Å². The predicted octanol–water partition coefficient (Wildman–Crippen LogP) is 2.36. The number of carbonyl (C=O) groups is 1. The Morgan fingerprint density at radius 3 is 2.93 bits per heavy atom. The number of hydrogen-bond acceptors (Lipinski definition) is 2. The van der Waals surface area contributed by atoms with Crippen LogP contribution >= 0.6 is 15.9 Å². The van der Waals surface area contributed by atoms with Crippen LogP contribution in [0.25, 0.3) is 10.4 Å². The Bertz CT molecular complexity index is 412. The van der Waals surface area contributed by atoms with Gasteiger partial charge in [-0.15, -0.1) is 0 Å². The van der Waals surface area contributed by atoms with Gasteiger partial charge in [-0.25, -0.2) is 0 Å². The molecule has 0 aliphatic heterocycles. The Morgan fingerprint density at radius 2 is 2.36 bits per heavy atom. The molecule has 5 nitrogen and oxygen atoms in total. The third kappa shape index (κ3) is 2.48. The van der Waals surface area contributed by atoms with Gasteiger partial charge in [0.15, 0.2) is 0 Å². The highest BCUT2D eigenvalue weighted by Crippen LogP contribution is 2.19. The smallest absolute Gasteiger partial charge is 0.248 e. The first-order valence-electron chi connectivity index (χ1n) is 3.74. The van der Waals surface area contributed by atoms with Gasteiger partial charge in [0.05, 0.1) is 6.54 Å². The van der Waals surface area contributed by atoms with Crippen molar-refractivity contribution in [2.75, 3.05) is 0 Å². The van der Waals surface area contributed by atoms with E-state index in [4.69, 9.17) is 11.3 Å². The van der Waals surface area contributed by atoms with Crippen molar-refractivity contribution >= 4 is 21.8 Å². The van der Waals surface area contributed by atoms with Gasteiger partial charge in [0.25, 0.3) is 0 Å². The van der Waals surface area contributed by atoms with E-state index in [9.17, 15) is 4.79 Å². The number of nitrogens with zero attached hydrogens (tertiary/aromatic N) is 3. The number of primary amides is 1. The zero-order valence-electron chi connectivity index (χ0n) is 7.14. The van der Waals surface area contributed by atoms with Crippen LogP contribution in [0.1, 0.15) is 15.9 Å². The van der Waals surface area contributed by atoms with Crippen molar-refractivity contribution in [1.82, 2.24) is 0 Å². The van der Waals surface area contributed by atoms with Gasteiger partial charge < -0.3 is 5.73 Å². The Hall–Kier alpha value is -1.52. The molecule has 0 atom stereocenters. The summed E-state index contributed by atoms with van der Waals surface area (Å²) in [7, 11) is 0. The predicted molar refractivity (Wildman–Crippen MR) is 55.5 cm³/mol. The second-order valence-corrected chi connectivity index (χ2v) is 3.41. The Morgan fingerprint density at radius 1 is 1.64 bits per heavy atom. The summed E-state index contributed by atoms with van der Waals surface area (Å²) in [5.74, 6) is -0.500. The zero-order valence-corrected chi connectivity index (χ0v) is 8.73. The molecule has 0 aromatic heterocycles. The lowest BCUT2D eigenvalue weighted by Gasteiger charge is -2.02. The summed E-state index contributed by atoms with van der Waals surface area (Å²) in [4.78, 5) is 13.5. The molecule has 2 N–H and O–H groups in total. The van der Waals surface area contributed by atoms with Crippen LogP contribution in [0.4, 0.5) is 0 Å². The molecule has 0 saturated heterocycles. The van der Waals surface area contributed by atoms with Gasteiger partial charge in [-0.1, -0.05) is 21.0 Å². The van der Waals surface area contributed by atoms with Gasteiger partial charge in [0, 0.05) is 14.9 Å². The first kappa shape index (κ1) is 10.6. The second-order valence-electron chi connectivity index (χ2n) is 2.56. The fourth-order valence-electron chi connectivity index (χ4n) is 0.957. The summed E-state index contributed by atoms with van der Waals surface area (Å²) in [6, 6.07) is 4.90. The van der Waals surface area contributed by atoms with Crippen LogP contribution < -0.4 is 5.73 Å². The number of hydrogen-bond donors (Lipinski definition) is 1. The average molecular weight is 255 g/mol. The molecule has 0 spiro atoms. The number of halogens is 1. The summed E-state index contributed by atoms with van der Waals surface area (Å²) in [5, 5.41) is 3.40. The highest BCUT2D eigenvalue weighted by Gasteiger charge is 2.04. The molecule has 1 aromatic rings. The maximum atomic E-state index is 10.8. The van der Waals surface area contributed by atoms with Crippen molar-refractivity contribution in [1.29, 1.82) is 0 Å². The second kappa shape index (κ2) is 4.64. The molecular formula is C8H7BrN4O. The van der Waals surface area contributed by atoms with Crippen LogP contribution in [0, 0.1) is 0 Å². The molecule has 0 heterocycles. The zero-order chi connectivity index (χ0) is 10.6. The Labute approximate surface area is 88.7 Å². The van der Waals surface area contributed by atoms with Crippen LogP contribution in [0.15, 0.2) is 27.8 Å². The third-order valence-electron chi connectivity index (χ3n) is 1.63. The van der Waals surface area contributed by atoms with E-state index < -0.39 is 5.91 Å². The van der Waals surface area contributed by atoms with E-state index in [1.807, 2.05) is 0 Å². The topological polar surface area (TPSA) is 91.8 Å². The van der Waals surface area contributed by atoms with Crippen molar-refractivity contribution in [3.8, 4) is 0 Å². The molecule has 1 rings (SSSR count). The maximum Gasteiger partial charge on any atom is 0.248 e. The Balaban J connectivity index is 3.07. The molecule has 1 aromatic carbocycles. The number of carbonyl (C=O) groups excluding carboxylic acids is 1. The quantitative estimate of drug-likeness (QED) is 0.501. The molecule has 0 bridgehead atoms. The SMILES string of the molecule is [N-]=[N+]=NCc1cc(C(N)=O)ccc1Br. The van der Waals surface area contributed by atoms with E-state index in [1.54, 1.807) is 18.2 Å². The standard InChI is InChI=1S/C8H7BrN4O/c9-7-2-1-5(8(10)14)3-6(7)4-12-13-11/h1-3H,4H2,(H2,10,14). The van der Waals surface area contributed by atoms with Crippen molar-refractivity contribution in [3.63, 3.8) is 0 Å². The van der Waals surface area contributed by atoms with Gasteiger partial charge in [0.1, 0.15) is 0 Å². The van der Waals surface area contributed by atoms with Crippen LogP contribution in [-0.2, 0) is 6.54 Å². The van der Waals surface area contributed by atoms with Crippen LogP contribution in [-0.4, -0.2) is 5.91 Å². The van der Waals surface area contributed by atoms with E-state index in [0.29, 0.717) is 5.56 Å². The minimum atomic E-state index is -0.500. The van der Waals surface area contributed by atoms with Crippen molar-refractivity contribution < 1.29 is 4.79 Å². The van der Waals surface area contributed by atoms with Gasteiger partial charge in [-0.2, -0.15) is 0 Å². The molecule has 0 radical (unpaired) electrons. The molecule has 0 saturated carbocycles. The summed E-state index contributed by atoms with van der Waals surface area (Å²) >= 11 is 3.27. The molecule has 6 heteroatoms. The molecule has 0 fully saturated rings. The number of nitrogens with two attached hydrogens (primary N) is 1. The van der Waals surface area contributed by atoms with Crippen molar-refractivity contribution in [2.45, 2.75) is 6.54 Å². The van der Waals surface area contributed by atoms with Gasteiger partial charge in [-0.3, -0.25) is 4.79 Å². The molecular weight excluding hydrogens is 248 g/mol. The van der Waals surface area contributed by atoms with Crippen molar-refractivity contribution in [2.24, 2.45) is 10.8 Å². The molecule has 72 valence electrons. The first-order chi connectivity index (χ1) is 6.65. The minimum absolute atomic E-state index is 0.193. The summed E-state index contributed by atoms with van der Waals surface area (Å²) in [5.41, 5.74) is 14.4. The number of amides is 1. The maximum absolute atomic E-state index is 10.8. The average Bonchev–Trinajstić information content (AvgIpc) is 2.16. The number of rotatable bonds is 3. The normalized spacial score (nSPS) is 9.21. The van der Waals surface area contributed by atoms with Gasteiger partial charge in [-0.05, 0) is 29.3 Å². The van der Waals surface area contributed by atoms with Crippen LogP contribution in [0.2, 0.25) is 0 Å². The molecule has 1 amide bonds. The fourth-order valence-corrected chi connectivity index (χ4v) is 1.33.